The summed E-state index contributed by atoms with van der Waals surface area (Å²) in [6.07, 6.45) is -1.25. The van der Waals surface area contributed by atoms with Gasteiger partial charge in [0.25, 0.3) is 10.1 Å². The largest absolute Gasteiger partial charge is 0.444 e. The van der Waals surface area contributed by atoms with E-state index in [0.717, 1.165) is 11.8 Å². The van der Waals surface area contributed by atoms with Crippen LogP contribution in [0.15, 0.2) is 30.3 Å². The summed E-state index contributed by atoms with van der Waals surface area (Å²) in [5.74, 6) is -0.894. The summed E-state index contributed by atoms with van der Waals surface area (Å²) in [7, 11) is -3.75. The van der Waals surface area contributed by atoms with Gasteiger partial charge in [0.05, 0.1) is 12.4 Å². The highest BCUT2D eigenvalue weighted by Crippen LogP contribution is 2.03. The van der Waals surface area contributed by atoms with Gasteiger partial charge in [0.1, 0.15) is 12.6 Å². The second-order valence-corrected chi connectivity index (χ2v) is 6.18. The fourth-order valence-electron chi connectivity index (χ4n) is 1.49. The van der Waals surface area contributed by atoms with Crippen molar-refractivity contribution >= 4 is 22.1 Å². The fraction of sp³-hybridized carbons (Fsp3) is 0.385. The van der Waals surface area contributed by atoms with Crippen molar-refractivity contribution in [2.75, 3.05) is 6.26 Å². The van der Waals surface area contributed by atoms with Crippen LogP contribution in [-0.2, 0) is 30.4 Å². The highest BCUT2D eigenvalue weighted by Gasteiger charge is 2.26. The first kappa shape index (κ1) is 18.1. The Kier molecular flexibility index (Phi) is 6.47. The third kappa shape index (κ3) is 6.66. The Hall–Kier alpha value is -1.97. The minimum Gasteiger partial charge on any atom is -0.444 e. The van der Waals surface area contributed by atoms with Crippen LogP contribution < -0.4 is 11.1 Å². The van der Waals surface area contributed by atoms with E-state index in [2.05, 4.69) is 4.18 Å². The van der Waals surface area contributed by atoms with Gasteiger partial charge in [-0.15, -0.1) is 0 Å². The average molecular weight is 330 g/mol. The van der Waals surface area contributed by atoms with Gasteiger partial charge in [-0.2, -0.15) is 8.42 Å². The number of benzene rings is 1. The number of nitrogens with one attached hydrogen (secondary N) is 1. The zero-order valence-electron chi connectivity index (χ0n) is 12.2. The quantitative estimate of drug-likeness (QED) is 0.710. The molecule has 9 heteroatoms. The van der Waals surface area contributed by atoms with Crippen LogP contribution in [0.3, 0.4) is 0 Å². The summed E-state index contributed by atoms with van der Waals surface area (Å²) < 4.78 is 31.3. The molecule has 22 heavy (non-hydrogen) atoms. The van der Waals surface area contributed by atoms with E-state index in [0.29, 0.717) is 0 Å². The minimum absolute atomic E-state index is 0.00934. The first-order chi connectivity index (χ1) is 10.2. The Morgan fingerprint density at radius 1 is 1.27 bits per heavy atom. The van der Waals surface area contributed by atoms with Crippen molar-refractivity contribution in [3.8, 4) is 0 Å². The molecule has 0 saturated heterocycles. The van der Waals surface area contributed by atoms with Crippen LogP contribution in [0.4, 0.5) is 4.79 Å². The molecule has 0 unspecified atom stereocenters. The first-order valence-electron chi connectivity index (χ1n) is 6.34. The van der Waals surface area contributed by atoms with Crippen LogP contribution in [0, 0.1) is 0 Å². The first-order valence-corrected chi connectivity index (χ1v) is 8.16. The molecule has 1 aromatic carbocycles. The van der Waals surface area contributed by atoms with Crippen LogP contribution in [0.5, 0.6) is 0 Å². The lowest BCUT2D eigenvalue weighted by Gasteiger charge is -2.17. The summed E-state index contributed by atoms with van der Waals surface area (Å²) in [5.41, 5.74) is 6.27. The van der Waals surface area contributed by atoms with Gasteiger partial charge in [0.15, 0.2) is 0 Å². The number of ether oxygens (including phenoxy) is 1. The zero-order chi connectivity index (χ0) is 16.8. The van der Waals surface area contributed by atoms with Crippen molar-refractivity contribution in [1.29, 1.82) is 0 Å². The molecule has 0 aliphatic rings. The molecule has 1 aromatic rings. The number of hydrogen-bond donors (Lipinski definition) is 2. The van der Waals surface area contributed by atoms with E-state index in [-0.39, 0.29) is 6.61 Å². The molecule has 8 nitrogen and oxygen atoms in total. The number of alkyl carbamates (subject to hydrolysis) is 1. The lowest BCUT2D eigenvalue weighted by molar-refractivity contribution is -0.123. The molecule has 0 spiro atoms. The van der Waals surface area contributed by atoms with Crippen molar-refractivity contribution in [2.24, 2.45) is 5.73 Å². The van der Waals surface area contributed by atoms with Crippen LogP contribution >= 0.6 is 0 Å². The topological polar surface area (TPSA) is 125 Å². The lowest BCUT2D eigenvalue weighted by Crippen LogP contribution is -2.50. The van der Waals surface area contributed by atoms with Gasteiger partial charge < -0.3 is 10.5 Å². The third-order valence-electron chi connectivity index (χ3n) is 2.57. The standard InChI is InChI=1S/C13H18N2O6S/c1-9(21-22(2,18)19)11(14)12(16)15-13(17)20-8-10-6-4-3-5-7-10/h3-7,9,11H,8,14H2,1-2H3,(H,15,16,17)/t9-,11+/m1/s1. The van der Waals surface area contributed by atoms with Crippen molar-refractivity contribution in [2.45, 2.75) is 25.7 Å². The molecule has 0 aliphatic heterocycles. The van der Waals surface area contributed by atoms with Gasteiger partial charge in [-0.1, -0.05) is 30.3 Å². The molecule has 0 saturated carbocycles. The Morgan fingerprint density at radius 2 is 1.86 bits per heavy atom. The highest BCUT2D eigenvalue weighted by atomic mass is 32.2. The molecule has 2 amide bonds. The molecular formula is C13H18N2O6S. The van der Waals surface area contributed by atoms with Crippen LogP contribution in [0.2, 0.25) is 0 Å². The number of carbonyl (C=O) groups excluding carboxylic acids is 2. The molecule has 0 radical (unpaired) electrons. The molecule has 1 rings (SSSR count). The van der Waals surface area contributed by atoms with E-state index in [1.165, 1.54) is 6.92 Å². The lowest BCUT2D eigenvalue weighted by atomic mass is 10.2. The number of amides is 2. The van der Waals surface area contributed by atoms with Crippen molar-refractivity contribution in [1.82, 2.24) is 5.32 Å². The van der Waals surface area contributed by atoms with Gasteiger partial charge in [-0.25, -0.2) is 4.79 Å². The van der Waals surface area contributed by atoms with Gasteiger partial charge in [-0.3, -0.25) is 14.3 Å². The molecule has 3 N–H and O–H groups in total. The summed E-state index contributed by atoms with van der Waals surface area (Å²) >= 11 is 0. The second kappa shape index (κ2) is 7.87. The predicted molar refractivity (Wildman–Crippen MR) is 78.1 cm³/mol. The zero-order valence-corrected chi connectivity index (χ0v) is 13.0. The molecule has 0 aromatic heterocycles. The molecule has 2 atom stereocenters. The summed E-state index contributed by atoms with van der Waals surface area (Å²) in [6.45, 7) is 1.30. The van der Waals surface area contributed by atoms with E-state index >= 15 is 0 Å². The normalized spacial score (nSPS) is 14.0. The minimum atomic E-state index is -3.75. The van der Waals surface area contributed by atoms with Crippen molar-refractivity contribution < 1.29 is 26.9 Å². The fourth-order valence-corrected chi connectivity index (χ4v) is 2.16. The van der Waals surface area contributed by atoms with Crippen LogP contribution in [0.25, 0.3) is 0 Å². The number of rotatable bonds is 6. The molecular weight excluding hydrogens is 312 g/mol. The Balaban J connectivity index is 2.44. The Labute approximate surface area is 128 Å². The highest BCUT2D eigenvalue weighted by molar-refractivity contribution is 7.86. The number of imide groups is 1. The van der Waals surface area contributed by atoms with Crippen LogP contribution in [0.1, 0.15) is 12.5 Å². The van der Waals surface area contributed by atoms with E-state index < -0.39 is 34.3 Å². The van der Waals surface area contributed by atoms with Crippen molar-refractivity contribution in [3.05, 3.63) is 35.9 Å². The maximum Gasteiger partial charge on any atom is 0.414 e. The van der Waals surface area contributed by atoms with Crippen LogP contribution in [-0.4, -0.2) is 38.8 Å². The second-order valence-electron chi connectivity index (χ2n) is 4.58. The number of nitrogens with two attached hydrogens (primary N) is 1. The van der Waals surface area contributed by atoms with E-state index in [1.807, 2.05) is 11.4 Å². The van der Waals surface area contributed by atoms with Gasteiger partial charge in [-0.05, 0) is 12.5 Å². The van der Waals surface area contributed by atoms with E-state index in [4.69, 9.17) is 10.5 Å². The van der Waals surface area contributed by atoms with Crippen molar-refractivity contribution in [3.63, 3.8) is 0 Å². The molecule has 0 aliphatic carbocycles. The van der Waals surface area contributed by atoms with Gasteiger partial charge in [0.2, 0.25) is 5.91 Å². The molecule has 0 fully saturated rings. The van der Waals surface area contributed by atoms with Gasteiger partial charge in [0, 0.05) is 0 Å². The third-order valence-corrected chi connectivity index (χ3v) is 3.23. The number of hydrogen-bond acceptors (Lipinski definition) is 7. The SMILES string of the molecule is C[C@@H](OS(C)(=O)=O)[C@H](N)C(=O)NC(=O)OCc1ccccc1. The molecule has 122 valence electrons. The Bertz CT molecular complexity index is 617. The Morgan fingerprint density at radius 3 is 2.41 bits per heavy atom. The number of carbonyl (C=O) groups is 2. The molecule has 0 heterocycles. The monoisotopic (exact) mass is 330 g/mol. The summed E-state index contributed by atoms with van der Waals surface area (Å²) in [4.78, 5) is 23.2. The van der Waals surface area contributed by atoms with E-state index in [9.17, 15) is 18.0 Å². The van der Waals surface area contributed by atoms with E-state index in [1.54, 1.807) is 24.3 Å². The maximum atomic E-state index is 11.7. The average Bonchev–Trinajstić information content (AvgIpc) is 2.43. The maximum absolute atomic E-state index is 11.7. The predicted octanol–water partition coefficient (Wildman–Crippen LogP) is 0.131. The smallest absolute Gasteiger partial charge is 0.414 e. The molecule has 0 bridgehead atoms. The summed E-state index contributed by atoms with van der Waals surface area (Å²) in [5, 5.41) is 1.92. The van der Waals surface area contributed by atoms with Gasteiger partial charge >= 0.3 is 6.09 Å². The summed E-state index contributed by atoms with van der Waals surface area (Å²) in [6, 6.07) is 7.55.